The summed E-state index contributed by atoms with van der Waals surface area (Å²) in [5, 5.41) is 22.3. The van der Waals surface area contributed by atoms with Crippen LogP contribution in [0.15, 0.2) is 54.6 Å². The number of carbonyl (C=O) groups is 3. The van der Waals surface area contributed by atoms with Crippen molar-refractivity contribution in [2.45, 2.75) is 20.8 Å². The quantitative estimate of drug-likeness (QED) is 0.288. The Kier molecular flexibility index (Phi) is 7.29. The van der Waals surface area contributed by atoms with Crippen LogP contribution in [0.3, 0.4) is 0 Å². The van der Waals surface area contributed by atoms with Gasteiger partial charge in [-0.2, -0.15) is 0 Å². The van der Waals surface area contributed by atoms with Crippen LogP contribution in [-0.2, 0) is 4.79 Å². The number of aromatic nitrogens is 1. The second kappa shape index (κ2) is 10.6. The summed E-state index contributed by atoms with van der Waals surface area (Å²) in [7, 11) is 1.36. The monoisotopic (exact) mass is 514 g/mol. The van der Waals surface area contributed by atoms with E-state index < -0.39 is 24.2 Å². The molecule has 1 amide bonds. The maximum Gasteiger partial charge on any atom is 0.322 e. The fourth-order valence-electron chi connectivity index (χ4n) is 4.18. The largest absolute Gasteiger partial charge is 0.505 e. The number of rotatable bonds is 8. The molecule has 0 spiro atoms. The van der Waals surface area contributed by atoms with Crippen LogP contribution in [0.2, 0.25) is 0 Å². The zero-order valence-electron chi connectivity index (χ0n) is 21.3. The highest BCUT2D eigenvalue weighted by atomic mass is 16.5. The summed E-state index contributed by atoms with van der Waals surface area (Å²) in [6.07, 6.45) is 0. The first kappa shape index (κ1) is 26.2. The minimum Gasteiger partial charge on any atom is -0.505 e. The Morgan fingerprint density at radius 2 is 1.63 bits per heavy atom. The molecule has 0 aliphatic rings. The Hall–Kier alpha value is -4.92. The number of aromatic hydroxyl groups is 1. The number of nitrogens with zero attached hydrogens (tertiary/aromatic N) is 1. The van der Waals surface area contributed by atoms with Gasteiger partial charge in [0.05, 0.1) is 12.5 Å². The van der Waals surface area contributed by atoms with Crippen LogP contribution in [0.1, 0.15) is 43.1 Å². The fraction of sp³-hybridized carbons (Fsp3) is 0.172. The highest BCUT2D eigenvalue weighted by Gasteiger charge is 2.21. The van der Waals surface area contributed by atoms with Gasteiger partial charge in [-0.3, -0.25) is 14.4 Å². The fourth-order valence-corrected chi connectivity index (χ4v) is 4.18. The molecular weight excluding hydrogens is 488 g/mol. The van der Waals surface area contributed by atoms with Gasteiger partial charge in [-0.05, 0) is 68.3 Å². The highest BCUT2D eigenvalue weighted by Crippen LogP contribution is 2.38. The zero-order chi connectivity index (χ0) is 27.6. The van der Waals surface area contributed by atoms with Crippen molar-refractivity contribution in [2.75, 3.05) is 13.7 Å². The molecule has 4 aromatic rings. The number of hydrogen-bond acceptors (Lipinski definition) is 7. The number of nitrogens with one attached hydrogen (secondary N) is 1. The number of methoxy groups -OCH3 is 1. The molecule has 0 saturated carbocycles. The summed E-state index contributed by atoms with van der Waals surface area (Å²) in [5.74, 6) is -1.53. The number of ketones is 1. The smallest absolute Gasteiger partial charge is 0.322 e. The zero-order valence-corrected chi connectivity index (χ0v) is 21.3. The van der Waals surface area contributed by atoms with Gasteiger partial charge < -0.3 is 25.0 Å². The molecule has 0 radical (unpaired) electrons. The van der Waals surface area contributed by atoms with Crippen LogP contribution < -0.4 is 14.8 Å². The third-order valence-electron chi connectivity index (χ3n) is 5.95. The van der Waals surface area contributed by atoms with Crippen molar-refractivity contribution in [2.24, 2.45) is 0 Å². The second-order valence-corrected chi connectivity index (χ2v) is 8.84. The molecule has 0 atom stereocenters. The van der Waals surface area contributed by atoms with Crippen molar-refractivity contribution in [3.63, 3.8) is 0 Å². The molecule has 194 valence electrons. The van der Waals surface area contributed by atoms with Crippen LogP contribution in [-0.4, -0.2) is 46.5 Å². The van der Waals surface area contributed by atoms with Crippen molar-refractivity contribution < 1.29 is 34.1 Å². The lowest BCUT2D eigenvalue weighted by Gasteiger charge is -2.15. The Balaban J connectivity index is 1.67. The third kappa shape index (κ3) is 5.27. The van der Waals surface area contributed by atoms with Crippen LogP contribution in [0.25, 0.3) is 10.8 Å². The maximum atomic E-state index is 13.0. The molecule has 9 nitrogen and oxygen atoms in total. The number of aryl methyl sites for hydroxylation is 3. The van der Waals surface area contributed by atoms with E-state index in [1.54, 1.807) is 36.4 Å². The van der Waals surface area contributed by atoms with Gasteiger partial charge in [0.25, 0.3) is 5.91 Å². The topological polar surface area (TPSA) is 135 Å². The molecule has 38 heavy (non-hydrogen) atoms. The molecular formula is C29H26N2O7. The van der Waals surface area contributed by atoms with Gasteiger partial charge in [0, 0.05) is 16.5 Å². The standard InChI is InChI=1S/C29H26N2O7/c1-15-6-5-7-18(10-15)25(34)19-11-16(2)27(17(3)12-19)38-20-8-9-21-22(13-20)29(37-4)31-24(26(21)35)28(36)30-14-23(32)33/h5-13,35H,14H2,1-4H3,(H,30,36)(H,32,33). The summed E-state index contributed by atoms with van der Waals surface area (Å²) in [6, 6.07) is 15.8. The highest BCUT2D eigenvalue weighted by molar-refractivity contribution is 6.09. The number of pyridine rings is 1. The Morgan fingerprint density at radius 1 is 0.921 bits per heavy atom. The number of benzene rings is 3. The normalized spacial score (nSPS) is 10.7. The van der Waals surface area contributed by atoms with Crippen molar-refractivity contribution in [1.82, 2.24) is 10.3 Å². The maximum absolute atomic E-state index is 13.0. The summed E-state index contributed by atoms with van der Waals surface area (Å²) in [4.78, 5) is 40.2. The van der Waals surface area contributed by atoms with Crippen LogP contribution in [0.5, 0.6) is 23.1 Å². The Bertz CT molecular complexity index is 1570. The summed E-state index contributed by atoms with van der Waals surface area (Å²) in [6.45, 7) is 5.02. The SMILES string of the molecule is COc1nc(C(=O)NCC(=O)O)c(O)c2ccc(Oc3c(C)cc(C(=O)c4cccc(C)c4)cc3C)cc12. The number of hydrogen-bond donors (Lipinski definition) is 3. The molecule has 0 aliphatic heterocycles. The van der Waals surface area contributed by atoms with E-state index in [9.17, 15) is 19.5 Å². The van der Waals surface area contributed by atoms with Crippen LogP contribution in [0, 0.1) is 20.8 Å². The molecule has 3 N–H and O–H groups in total. The molecule has 0 aliphatic carbocycles. The summed E-state index contributed by atoms with van der Waals surface area (Å²) < 4.78 is 11.5. The van der Waals surface area contributed by atoms with E-state index in [1.807, 2.05) is 39.0 Å². The predicted molar refractivity (Wildman–Crippen MR) is 141 cm³/mol. The number of carboxylic acids is 1. The van der Waals surface area contributed by atoms with E-state index in [1.165, 1.54) is 7.11 Å². The van der Waals surface area contributed by atoms with Gasteiger partial charge in [-0.15, -0.1) is 0 Å². The van der Waals surface area contributed by atoms with Gasteiger partial charge in [0.1, 0.15) is 18.0 Å². The lowest BCUT2D eigenvalue weighted by molar-refractivity contribution is -0.135. The van der Waals surface area contributed by atoms with E-state index in [-0.39, 0.29) is 22.7 Å². The number of aliphatic carboxylic acids is 1. The molecule has 0 saturated heterocycles. The van der Waals surface area contributed by atoms with E-state index >= 15 is 0 Å². The van der Waals surface area contributed by atoms with Gasteiger partial charge in [-0.1, -0.05) is 23.8 Å². The van der Waals surface area contributed by atoms with E-state index in [2.05, 4.69) is 10.3 Å². The van der Waals surface area contributed by atoms with Crippen molar-refractivity contribution in [3.8, 4) is 23.1 Å². The van der Waals surface area contributed by atoms with Gasteiger partial charge in [-0.25, -0.2) is 4.98 Å². The van der Waals surface area contributed by atoms with Crippen LogP contribution in [0.4, 0.5) is 0 Å². The number of ether oxygens (including phenoxy) is 2. The lowest BCUT2D eigenvalue weighted by atomic mass is 9.97. The van der Waals surface area contributed by atoms with E-state index in [0.717, 1.165) is 16.7 Å². The molecule has 0 fully saturated rings. The van der Waals surface area contributed by atoms with Crippen LogP contribution >= 0.6 is 0 Å². The number of fused-ring (bicyclic) bond motifs is 1. The molecule has 0 bridgehead atoms. The minimum absolute atomic E-state index is 0.0521. The molecule has 0 unspecified atom stereocenters. The Morgan fingerprint density at radius 3 is 2.26 bits per heavy atom. The lowest BCUT2D eigenvalue weighted by Crippen LogP contribution is -2.30. The van der Waals surface area contributed by atoms with E-state index in [0.29, 0.717) is 28.0 Å². The minimum atomic E-state index is -1.23. The average molecular weight is 515 g/mol. The summed E-state index contributed by atoms with van der Waals surface area (Å²) in [5.41, 5.74) is 3.34. The number of carbonyl (C=O) groups excluding carboxylic acids is 2. The Labute approximate surface area is 218 Å². The second-order valence-electron chi connectivity index (χ2n) is 8.84. The van der Waals surface area contributed by atoms with Crippen molar-refractivity contribution in [3.05, 3.63) is 88.1 Å². The summed E-state index contributed by atoms with van der Waals surface area (Å²) >= 11 is 0. The molecule has 1 heterocycles. The number of amides is 1. The first-order chi connectivity index (χ1) is 18.1. The van der Waals surface area contributed by atoms with Crippen molar-refractivity contribution >= 4 is 28.4 Å². The molecule has 3 aromatic carbocycles. The van der Waals surface area contributed by atoms with Gasteiger partial charge >= 0.3 is 5.97 Å². The van der Waals surface area contributed by atoms with Crippen molar-refractivity contribution in [1.29, 1.82) is 0 Å². The first-order valence-corrected chi connectivity index (χ1v) is 11.7. The average Bonchev–Trinajstić information content (AvgIpc) is 2.89. The predicted octanol–water partition coefficient (Wildman–Crippen LogP) is 4.71. The van der Waals surface area contributed by atoms with Gasteiger partial charge in [0.15, 0.2) is 17.2 Å². The first-order valence-electron chi connectivity index (χ1n) is 11.7. The van der Waals surface area contributed by atoms with E-state index in [4.69, 9.17) is 14.6 Å². The molecule has 9 heteroatoms. The molecule has 4 rings (SSSR count). The third-order valence-corrected chi connectivity index (χ3v) is 5.95. The van der Waals surface area contributed by atoms with Gasteiger partial charge in [0.2, 0.25) is 5.88 Å². The number of carboxylic acid groups (broad SMARTS) is 1. The molecule has 1 aromatic heterocycles.